The minimum absolute atomic E-state index is 0.184. The van der Waals surface area contributed by atoms with E-state index in [4.69, 9.17) is 0 Å². The van der Waals surface area contributed by atoms with E-state index in [1.165, 1.54) is 11.3 Å². The summed E-state index contributed by atoms with van der Waals surface area (Å²) in [6.07, 6.45) is 1.15. The van der Waals surface area contributed by atoms with E-state index in [2.05, 4.69) is 25.6 Å². The lowest BCUT2D eigenvalue weighted by molar-refractivity contribution is 0.617. The standard InChI is InChI=1S/C10H12FN5S/c1-2-12-10-14-4-8(11)9(16-10)13-3-7-5-17-6-15-7/h4-6H,2-3H2,1H3,(H2,12,13,14,16). The van der Waals surface area contributed by atoms with Crippen LogP contribution in [0.25, 0.3) is 0 Å². The van der Waals surface area contributed by atoms with Gasteiger partial charge in [0, 0.05) is 11.9 Å². The zero-order valence-corrected chi connectivity index (χ0v) is 10.1. The van der Waals surface area contributed by atoms with E-state index in [0.29, 0.717) is 19.0 Å². The van der Waals surface area contributed by atoms with Crippen molar-refractivity contribution < 1.29 is 4.39 Å². The number of halogens is 1. The van der Waals surface area contributed by atoms with E-state index in [-0.39, 0.29) is 5.82 Å². The van der Waals surface area contributed by atoms with Crippen LogP contribution in [0.4, 0.5) is 16.2 Å². The molecule has 2 heterocycles. The van der Waals surface area contributed by atoms with Crippen LogP contribution in [0.5, 0.6) is 0 Å². The van der Waals surface area contributed by atoms with Crippen LogP contribution in [0.2, 0.25) is 0 Å². The van der Waals surface area contributed by atoms with Crippen molar-refractivity contribution in [2.45, 2.75) is 13.5 Å². The number of hydrogen-bond acceptors (Lipinski definition) is 6. The van der Waals surface area contributed by atoms with E-state index < -0.39 is 5.82 Å². The molecule has 5 nitrogen and oxygen atoms in total. The molecular weight excluding hydrogens is 241 g/mol. The first-order valence-corrected chi connectivity index (χ1v) is 6.11. The zero-order valence-electron chi connectivity index (χ0n) is 9.27. The predicted molar refractivity (Wildman–Crippen MR) is 65.6 cm³/mol. The normalized spacial score (nSPS) is 10.2. The monoisotopic (exact) mass is 253 g/mol. The van der Waals surface area contributed by atoms with Gasteiger partial charge >= 0.3 is 0 Å². The number of rotatable bonds is 5. The Bertz CT molecular complexity index is 474. The predicted octanol–water partition coefficient (Wildman–Crippen LogP) is 2.12. The summed E-state index contributed by atoms with van der Waals surface area (Å²) >= 11 is 1.50. The third kappa shape index (κ3) is 3.10. The molecule has 0 radical (unpaired) electrons. The molecule has 2 aromatic rings. The van der Waals surface area contributed by atoms with Crippen LogP contribution in [0.1, 0.15) is 12.6 Å². The average molecular weight is 253 g/mol. The maximum atomic E-state index is 13.4. The summed E-state index contributed by atoms with van der Waals surface area (Å²) in [6.45, 7) is 3.06. The number of thiazole rings is 1. The number of nitrogens with one attached hydrogen (secondary N) is 2. The largest absolute Gasteiger partial charge is 0.362 e. The van der Waals surface area contributed by atoms with Gasteiger partial charge in [-0.05, 0) is 6.92 Å². The van der Waals surface area contributed by atoms with Gasteiger partial charge < -0.3 is 10.6 Å². The molecule has 7 heteroatoms. The second-order valence-electron chi connectivity index (χ2n) is 3.25. The van der Waals surface area contributed by atoms with E-state index in [0.717, 1.165) is 11.9 Å². The highest BCUT2D eigenvalue weighted by atomic mass is 32.1. The van der Waals surface area contributed by atoms with Gasteiger partial charge in [0.2, 0.25) is 5.95 Å². The Labute approximate surface area is 102 Å². The van der Waals surface area contributed by atoms with Gasteiger partial charge in [0.1, 0.15) is 0 Å². The highest BCUT2D eigenvalue weighted by Gasteiger charge is 2.06. The quantitative estimate of drug-likeness (QED) is 0.854. The molecule has 2 rings (SSSR count). The molecule has 0 unspecified atom stereocenters. The molecule has 17 heavy (non-hydrogen) atoms. The minimum Gasteiger partial charge on any atom is -0.362 e. The molecule has 0 aromatic carbocycles. The van der Waals surface area contributed by atoms with Crippen LogP contribution < -0.4 is 10.6 Å². The highest BCUT2D eigenvalue weighted by molar-refractivity contribution is 7.07. The number of hydrogen-bond donors (Lipinski definition) is 2. The van der Waals surface area contributed by atoms with E-state index in [9.17, 15) is 4.39 Å². The fourth-order valence-corrected chi connectivity index (χ4v) is 1.79. The Balaban J connectivity index is 2.06. The van der Waals surface area contributed by atoms with Gasteiger partial charge in [-0.25, -0.2) is 14.4 Å². The molecular formula is C10H12FN5S. The molecule has 0 aliphatic carbocycles. The van der Waals surface area contributed by atoms with Crippen molar-refractivity contribution in [3.05, 3.63) is 28.6 Å². The molecule has 0 saturated heterocycles. The molecule has 2 N–H and O–H groups in total. The first kappa shape index (κ1) is 11.7. The van der Waals surface area contributed by atoms with Gasteiger partial charge in [-0.1, -0.05) is 0 Å². The SMILES string of the molecule is CCNc1ncc(F)c(NCc2cscn2)n1. The van der Waals surface area contributed by atoms with Gasteiger partial charge in [-0.15, -0.1) is 11.3 Å². The summed E-state index contributed by atoms with van der Waals surface area (Å²) in [4.78, 5) is 11.9. The lowest BCUT2D eigenvalue weighted by Crippen LogP contribution is -2.08. The van der Waals surface area contributed by atoms with E-state index in [1.807, 2.05) is 12.3 Å². The average Bonchev–Trinajstić information content (AvgIpc) is 2.83. The van der Waals surface area contributed by atoms with Gasteiger partial charge in [0.15, 0.2) is 11.6 Å². The molecule has 0 aliphatic heterocycles. The van der Waals surface area contributed by atoms with Crippen molar-refractivity contribution >= 4 is 23.1 Å². The topological polar surface area (TPSA) is 62.7 Å². The van der Waals surface area contributed by atoms with Crippen LogP contribution in [0.15, 0.2) is 17.1 Å². The third-order valence-corrected chi connectivity index (χ3v) is 2.63. The summed E-state index contributed by atoms with van der Waals surface area (Å²) in [7, 11) is 0. The Morgan fingerprint density at radius 3 is 2.94 bits per heavy atom. The Morgan fingerprint density at radius 1 is 1.35 bits per heavy atom. The Kier molecular flexibility index (Phi) is 3.81. The summed E-state index contributed by atoms with van der Waals surface area (Å²) < 4.78 is 13.4. The molecule has 2 aromatic heterocycles. The molecule has 0 atom stereocenters. The van der Waals surface area contributed by atoms with Crippen LogP contribution in [-0.4, -0.2) is 21.5 Å². The Hall–Kier alpha value is -1.76. The number of aromatic nitrogens is 3. The van der Waals surface area contributed by atoms with E-state index >= 15 is 0 Å². The van der Waals surface area contributed by atoms with Crippen LogP contribution >= 0.6 is 11.3 Å². The van der Waals surface area contributed by atoms with Crippen molar-refractivity contribution in [3.8, 4) is 0 Å². The summed E-state index contributed by atoms with van der Waals surface area (Å²) in [6, 6.07) is 0. The molecule has 0 spiro atoms. The highest BCUT2D eigenvalue weighted by Crippen LogP contribution is 2.13. The van der Waals surface area contributed by atoms with Crippen LogP contribution in [0.3, 0.4) is 0 Å². The minimum atomic E-state index is -0.470. The van der Waals surface area contributed by atoms with Gasteiger partial charge in [-0.2, -0.15) is 4.98 Å². The Morgan fingerprint density at radius 2 is 2.24 bits per heavy atom. The van der Waals surface area contributed by atoms with E-state index in [1.54, 1.807) is 5.51 Å². The lowest BCUT2D eigenvalue weighted by Gasteiger charge is -2.07. The first-order valence-electron chi connectivity index (χ1n) is 5.17. The van der Waals surface area contributed by atoms with Gasteiger partial charge in [-0.3, -0.25) is 0 Å². The summed E-state index contributed by atoms with van der Waals surface area (Å²) in [5, 5.41) is 7.72. The fourth-order valence-electron chi connectivity index (χ4n) is 1.23. The van der Waals surface area contributed by atoms with Crippen LogP contribution in [-0.2, 0) is 6.54 Å². The second kappa shape index (κ2) is 5.53. The maximum absolute atomic E-state index is 13.4. The van der Waals surface area contributed by atoms with Gasteiger partial charge in [0.25, 0.3) is 0 Å². The second-order valence-corrected chi connectivity index (χ2v) is 3.97. The third-order valence-electron chi connectivity index (χ3n) is 2.00. The van der Waals surface area contributed by atoms with Crippen molar-refractivity contribution in [1.29, 1.82) is 0 Å². The molecule has 0 amide bonds. The molecule has 0 saturated carbocycles. The lowest BCUT2D eigenvalue weighted by atomic mass is 10.4. The van der Waals surface area contributed by atoms with Crippen molar-refractivity contribution in [1.82, 2.24) is 15.0 Å². The smallest absolute Gasteiger partial charge is 0.224 e. The number of anilines is 2. The number of nitrogens with zero attached hydrogens (tertiary/aromatic N) is 3. The fraction of sp³-hybridized carbons (Fsp3) is 0.300. The molecule has 90 valence electrons. The first-order chi connectivity index (χ1) is 8.29. The molecule has 0 fully saturated rings. The van der Waals surface area contributed by atoms with Crippen molar-refractivity contribution in [2.75, 3.05) is 17.2 Å². The molecule has 0 bridgehead atoms. The van der Waals surface area contributed by atoms with Gasteiger partial charge in [0.05, 0.1) is 23.9 Å². The maximum Gasteiger partial charge on any atom is 0.224 e. The van der Waals surface area contributed by atoms with Crippen LogP contribution in [0, 0.1) is 5.82 Å². The zero-order chi connectivity index (χ0) is 12.1. The van der Waals surface area contributed by atoms with Crippen molar-refractivity contribution in [3.63, 3.8) is 0 Å². The van der Waals surface area contributed by atoms with Crippen molar-refractivity contribution in [2.24, 2.45) is 0 Å². The summed E-state index contributed by atoms with van der Waals surface area (Å²) in [5.41, 5.74) is 2.59. The summed E-state index contributed by atoms with van der Waals surface area (Å²) in [5.74, 6) is 0.125. The molecule has 0 aliphatic rings.